The van der Waals surface area contributed by atoms with Gasteiger partial charge in [-0.25, -0.2) is 4.98 Å². The smallest absolute Gasteiger partial charge is 0.146 e. The molecule has 0 amide bonds. The van der Waals surface area contributed by atoms with E-state index in [1.165, 1.54) is 15.3 Å². The lowest BCUT2D eigenvalue weighted by molar-refractivity contribution is 0.418. The first-order chi connectivity index (χ1) is 7.11. The quantitative estimate of drug-likeness (QED) is 0.770. The van der Waals surface area contributed by atoms with Crippen LogP contribution in [-0.4, -0.2) is 12.1 Å². The summed E-state index contributed by atoms with van der Waals surface area (Å²) < 4.78 is 6.56. The molecule has 1 aromatic heterocycles. The van der Waals surface area contributed by atoms with Gasteiger partial charge < -0.3 is 4.74 Å². The fourth-order valence-electron chi connectivity index (χ4n) is 1.55. The van der Waals surface area contributed by atoms with Crippen LogP contribution in [0.15, 0.2) is 12.1 Å². The second-order valence-corrected chi connectivity index (χ2v) is 5.08. The van der Waals surface area contributed by atoms with E-state index in [0.717, 1.165) is 11.3 Å². The molecule has 0 saturated carbocycles. The number of hydrogen-bond donors (Lipinski definition) is 0. The number of aryl methyl sites for hydroxylation is 1. The second kappa shape index (κ2) is 3.81. The molecule has 1 aromatic carbocycles. The molecule has 15 heavy (non-hydrogen) atoms. The average molecular weight is 221 g/mol. The van der Waals surface area contributed by atoms with Gasteiger partial charge in [-0.15, -0.1) is 11.3 Å². The lowest BCUT2D eigenvalue weighted by Crippen LogP contribution is -1.87. The van der Waals surface area contributed by atoms with Crippen LogP contribution in [0.4, 0.5) is 0 Å². The zero-order valence-corrected chi connectivity index (χ0v) is 10.3. The predicted octanol–water partition coefficient (Wildman–Crippen LogP) is 3.74. The molecular formula is C12H15NOS. The van der Waals surface area contributed by atoms with E-state index in [-0.39, 0.29) is 0 Å². The Morgan fingerprint density at radius 3 is 2.67 bits per heavy atom. The molecule has 0 saturated heterocycles. The Bertz CT molecular complexity index is 488. The average Bonchev–Trinajstić information content (AvgIpc) is 2.59. The van der Waals surface area contributed by atoms with Gasteiger partial charge in [0, 0.05) is 5.92 Å². The van der Waals surface area contributed by atoms with Gasteiger partial charge in [0.25, 0.3) is 0 Å². The van der Waals surface area contributed by atoms with Gasteiger partial charge in [-0.05, 0) is 24.6 Å². The minimum absolute atomic E-state index is 0.479. The lowest BCUT2D eigenvalue weighted by atomic mass is 10.2. The molecule has 0 spiro atoms. The van der Waals surface area contributed by atoms with E-state index >= 15 is 0 Å². The van der Waals surface area contributed by atoms with Gasteiger partial charge >= 0.3 is 0 Å². The summed E-state index contributed by atoms with van der Waals surface area (Å²) in [7, 11) is 1.70. The van der Waals surface area contributed by atoms with Gasteiger partial charge in [-0.3, -0.25) is 0 Å². The number of hydrogen-bond acceptors (Lipinski definition) is 3. The molecule has 0 aliphatic carbocycles. The van der Waals surface area contributed by atoms with Crippen molar-refractivity contribution in [1.82, 2.24) is 4.98 Å². The third-order valence-corrected chi connectivity index (χ3v) is 3.64. The number of methoxy groups -OCH3 is 1. The minimum atomic E-state index is 0.479. The van der Waals surface area contributed by atoms with Crippen LogP contribution >= 0.6 is 11.3 Å². The molecular weight excluding hydrogens is 206 g/mol. The topological polar surface area (TPSA) is 22.1 Å². The fraction of sp³-hybridized carbons (Fsp3) is 0.417. The van der Waals surface area contributed by atoms with Crippen LogP contribution in [0.5, 0.6) is 5.75 Å². The van der Waals surface area contributed by atoms with Gasteiger partial charge in [0.1, 0.15) is 11.3 Å². The number of fused-ring (bicyclic) bond motifs is 1. The first-order valence-corrected chi connectivity index (χ1v) is 5.88. The van der Waals surface area contributed by atoms with Crippen LogP contribution in [0.1, 0.15) is 30.3 Å². The van der Waals surface area contributed by atoms with Crippen LogP contribution in [0.25, 0.3) is 10.2 Å². The summed E-state index contributed by atoms with van der Waals surface area (Å²) in [6.45, 7) is 6.41. The van der Waals surface area contributed by atoms with Crippen LogP contribution in [0.2, 0.25) is 0 Å². The van der Waals surface area contributed by atoms with E-state index in [2.05, 4.69) is 31.8 Å². The van der Waals surface area contributed by atoms with Gasteiger partial charge in [-0.1, -0.05) is 13.8 Å². The highest BCUT2D eigenvalue weighted by Gasteiger charge is 2.11. The van der Waals surface area contributed by atoms with Crippen LogP contribution in [0.3, 0.4) is 0 Å². The number of benzene rings is 1. The normalized spacial score (nSPS) is 11.3. The lowest BCUT2D eigenvalue weighted by Gasteiger charge is -2.01. The zero-order valence-electron chi connectivity index (χ0n) is 9.50. The molecule has 3 heteroatoms. The molecule has 2 rings (SSSR count). The Balaban J connectivity index is 2.68. The molecule has 0 N–H and O–H groups in total. The van der Waals surface area contributed by atoms with E-state index in [1.807, 2.05) is 6.07 Å². The molecule has 0 aliphatic heterocycles. The van der Waals surface area contributed by atoms with Crippen molar-refractivity contribution in [2.45, 2.75) is 26.7 Å². The van der Waals surface area contributed by atoms with E-state index in [9.17, 15) is 0 Å². The van der Waals surface area contributed by atoms with E-state index in [0.29, 0.717) is 5.92 Å². The van der Waals surface area contributed by atoms with Crippen molar-refractivity contribution in [3.63, 3.8) is 0 Å². The number of thiazole rings is 1. The number of nitrogens with zero attached hydrogens (tertiary/aromatic N) is 1. The Labute approximate surface area is 93.9 Å². The molecule has 0 aliphatic rings. The molecule has 2 aromatic rings. The molecule has 0 radical (unpaired) electrons. The summed E-state index contributed by atoms with van der Waals surface area (Å²) in [6.07, 6.45) is 0. The summed E-state index contributed by atoms with van der Waals surface area (Å²) in [5, 5.41) is 1.17. The summed E-state index contributed by atoms with van der Waals surface area (Å²) in [6, 6.07) is 4.20. The van der Waals surface area contributed by atoms with Crippen molar-refractivity contribution in [3.05, 3.63) is 22.7 Å². The Hall–Kier alpha value is -1.09. The Morgan fingerprint density at radius 2 is 2.07 bits per heavy atom. The standard InChI is InChI=1S/C12H15NOS/c1-7(2)12-13-11-9(14-4)5-8(3)6-10(11)15-12/h5-7H,1-4H3. The number of ether oxygens (including phenoxy) is 1. The van der Waals surface area contributed by atoms with Crippen molar-refractivity contribution in [2.75, 3.05) is 7.11 Å². The SMILES string of the molecule is COc1cc(C)cc2sc(C(C)C)nc12. The van der Waals surface area contributed by atoms with E-state index in [1.54, 1.807) is 18.4 Å². The third-order valence-electron chi connectivity index (χ3n) is 2.33. The van der Waals surface area contributed by atoms with E-state index in [4.69, 9.17) is 4.74 Å². The molecule has 2 nitrogen and oxygen atoms in total. The third kappa shape index (κ3) is 1.84. The molecule has 1 heterocycles. The van der Waals surface area contributed by atoms with Crippen molar-refractivity contribution in [2.24, 2.45) is 0 Å². The molecule has 0 unspecified atom stereocenters. The van der Waals surface area contributed by atoms with Crippen molar-refractivity contribution in [1.29, 1.82) is 0 Å². The zero-order chi connectivity index (χ0) is 11.0. The predicted molar refractivity (Wildman–Crippen MR) is 65.0 cm³/mol. The van der Waals surface area contributed by atoms with Gasteiger partial charge in [0.2, 0.25) is 0 Å². The number of aromatic nitrogens is 1. The summed E-state index contributed by atoms with van der Waals surface area (Å²) in [5.41, 5.74) is 2.22. The van der Waals surface area contributed by atoms with Crippen LogP contribution in [0, 0.1) is 6.92 Å². The van der Waals surface area contributed by atoms with Crippen LogP contribution in [-0.2, 0) is 0 Å². The monoisotopic (exact) mass is 221 g/mol. The van der Waals surface area contributed by atoms with Crippen molar-refractivity contribution >= 4 is 21.6 Å². The summed E-state index contributed by atoms with van der Waals surface area (Å²) in [5.74, 6) is 1.36. The highest BCUT2D eigenvalue weighted by Crippen LogP contribution is 2.33. The molecule has 80 valence electrons. The summed E-state index contributed by atoms with van der Waals surface area (Å²) in [4.78, 5) is 4.62. The Morgan fingerprint density at radius 1 is 1.33 bits per heavy atom. The van der Waals surface area contributed by atoms with Crippen molar-refractivity contribution < 1.29 is 4.74 Å². The first kappa shape index (κ1) is 10.4. The van der Waals surface area contributed by atoms with E-state index < -0.39 is 0 Å². The fourth-order valence-corrected chi connectivity index (χ4v) is 2.64. The second-order valence-electron chi connectivity index (χ2n) is 4.02. The largest absolute Gasteiger partial charge is 0.494 e. The highest BCUT2D eigenvalue weighted by atomic mass is 32.1. The first-order valence-electron chi connectivity index (χ1n) is 5.07. The van der Waals surface area contributed by atoms with Gasteiger partial charge in [0.15, 0.2) is 0 Å². The molecule has 0 atom stereocenters. The van der Waals surface area contributed by atoms with Crippen molar-refractivity contribution in [3.8, 4) is 5.75 Å². The summed E-state index contributed by atoms with van der Waals surface area (Å²) >= 11 is 1.76. The van der Waals surface area contributed by atoms with Gasteiger partial charge in [0.05, 0.1) is 16.8 Å². The maximum atomic E-state index is 5.35. The van der Waals surface area contributed by atoms with Gasteiger partial charge in [-0.2, -0.15) is 0 Å². The Kier molecular flexibility index (Phi) is 2.65. The maximum absolute atomic E-state index is 5.35. The minimum Gasteiger partial charge on any atom is -0.494 e. The molecule has 0 fully saturated rings. The molecule has 0 bridgehead atoms. The van der Waals surface area contributed by atoms with Crippen LogP contribution < -0.4 is 4.74 Å². The highest BCUT2D eigenvalue weighted by molar-refractivity contribution is 7.18. The maximum Gasteiger partial charge on any atom is 0.146 e. The number of rotatable bonds is 2.